The van der Waals surface area contributed by atoms with Crippen molar-refractivity contribution in [1.29, 1.82) is 0 Å². The molecule has 222 valence electrons. The maximum Gasteiger partial charge on any atom is 0.319 e. The number of hydrogen-bond donors (Lipinski definition) is 1. The van der Waals surface area contributed by atoms with Crippen molar-refractivity contribution < 1.29 is 22.3 Å². The molecule has 2 atom stereocenters. The van der Waals surface area contributed by atoms with Gasteiger partial charge >= 0.3 is 6.01 Å². The van der Waals surface area contributed by atoms with Crippen molar-refractivity contribution >= 4 is 43.4 Å². The second-order valence-corrected chi connectivity index (χ2v) is 12.3. The Morgan fingerprint density at radius 2 is 1.95 bits per heavy atom. The fourth-order valence-electron chi connectivity index (χ4n) is 6.76. The number of nitrogens with two attached hydrogens (primary N) is 1. The van der Waals surface area contributed by atoms with Gasteiger partial charge in [-0.3, -0.25) is 9.88 Å². The summed E-state index contributed by atoms with van der Waals surface area (Å²) < 4.78 is 68.8. The summed E-state index contributed by atoms with van der Waals surface area (Å²) >= 11 is 0.834. The molecular formula is C28H25F4N9OS. The van der Waals surface area contributed by atoms with Crippen molar-refractivity contribution in [1.82, 2.24) is 34.4 Å². The Bertz CT molecular complexity index is 1910. The summed E-state index contributed by atoms with van der Waals surface area (Å²) in [6, 6.07) is 0.585. The fourth-order valence-corrected chi connectivity index (χ4v) is 7.51. The number of halogens is 4. The summed E-state index contributed by atoms with van der Waals surface area (Å²) in [6.45, 7) is 2.87. The van der Waals surface area contributed by atoms with Gasteiger partial charge in [0.1, 0.15) is 47.3 Å². The monoisotopic (exact) mass is 611 g/mol. The zero-order valence-electron chi connectivity index (χ0n) is 22.7. The molecule has 7 heterocycles. The summed E-state index contributed by atoms with van der Waals surface area (Å²) in [4.78, 5) is 25.9. The molecule has 2 saturated heterocycles. The van der Waals surface area contributed by atoms with Gasteiger partial charge < -0.3 is 19.9 Å². The van der Waals surface area contributed by atoms with E-state index in [1.807, 2.05) is 15.7 Å². The first-order chi connectivity index (χ1) is 20.8. The number of nitrogen functional groups attached to an aromatic ring is 1. The average molecular weight is 612 g/mol. The number of rotatable bonds is 5. The molecule has 1 aromatic carbocycles. The molecule has 0 amide bonds. The van der Waals surface area contributed by atoms with Crippen LogP contribution >= 0.6 is 11.3 Å². The van der Waals surface area contributed by atoms with Crippen LogP contribution in [0.15, 0.2) is 24.7 Å². The number of alkyl halides is 1. The Labute approximate surface area is 246 Å². The number of anilines is 2. The number of aromatic nitrogens is 6. The van der Waals surface area contributed by atoms with E-state index in [1.54, 1.807) is 6.20 Å². The molecule has 8 rings (SSSR count). The van der Waals surface area contributed by atoms with Gasteiger partial charge in [-0.2, -0.15) is 9.97 Å². The molecule has 3 aliphatic rings. The number of fused-ring (bicyclic) bond motifs is 4. The predicted molar refractivity (Wildman–Crippen MR) is 152 cm³/mol. The Hall–Kier alpha value is -4.11. The summed E-state index contributed by atoms with van der Waals surface area (Å²) in [5.41, 5.74) is 4.35. The number of ether oxygens (including phenoxy) is 1. The minimum atomic E-state index is -1.03. The second kappa shape index (κ2) is 9.71. The van der Waals surface area contributed by atoms with Crippen LogP contribution in [-0.4, -0.2) is 72.3 Å². The number of thiazole rings is 1. The molecule has 0 bridgehead atoms. The quantitative estimate of drug-likeness (QED) is 0.288. The molecule has 0 saturated carbocycles. The lowest BCUT2D eigenvalue weighted by Crippen LogP contribution is -2.43. The van der Waals surface area contributed by atoms with Crippen LogP contribution in [0, 0.1) is 17.5 Å². The van der Waals surface area contributed by atoms with Gasteiger partial charge in [0.15, 0.2) is 10.9 Å². The van der Waals surface area contributed by atoms with Gasteiger partial charge in [0.2, 0.25) is 0 Å². The second-order valence-electron chi connectivity index (χ2n) is 11.3. The zero-order valence-corrected chi connectivity index (χ0v) is 23.6. The van der Waals surface area contributed by atoms with Gasteiger partial charge in [0.25, 0.3) is 0 Å². The maximum atomic E-state index is 16.5. The number of hydrogen-bond acceptors (Lipinski definition) is 10. The summed E-state index contributed by atoms with van der Waals surface area (Å²) in [5.74, 6) is -1.63. The van der Waals surface area contributed by atoms with Crippen LogP contribution in [0.2, 0.25) is 0 Å². The van der Waals surface area contributed by atoms with E-state index < -0.39 is 29.2 Å². The summed E-state index contributed by atoms with van der Waals surface area (Å²) in [6.07, 6.45) is 6.10. The van der Waals surface area contributed by atoms with Crippen LogP contribution in [0.4, 0.5) is 28.5 Å². The summed E-state index contributed by atoms with van der Waals surface area (Å²) in [7, 11) is 0. The molecule has 1 unspecified atom stereocenters. The molecule has 3 aliphatic heterocycles. The molecule has 5 aromatic rings. The first kappa shape index (κ1) is 26.5. The Balaban J connectivity index is 1.26. The molecule has 0 aliphatic carbocycles. The van der Waals surface area contributed by atoms with E-state index in [1.165, 1.54) is 6.20 Å². The highest BCUT2D eigenvalue weighted by Crippen LogP contribution is 2.42. The molecular weight excluding hydrogens is 586 g/mol. The van der Waals surface area contributed by atoms with Crippen molar-refractivity contribution in [3.63, 3.8) is 0 Å². The first-order valence-electron chi connectivity index (χ1n) is 14.0. The van der Waals surface area contributed by atoms with Crippen LogP contribution in [0.3, 0.4) is 0 Å². The number of imidazole rings is 1. The molecule has 0 spiro atoms. The predicted octanol–water partition coefficient (Wildman–Crippen LogP) is 4.47. The van der Waals surface area contributed by atoms with Gasteiger partial charge in [0, 0.05) is 50.7 Å². The third kappa shape index (κ3) is 4.19. The normalized spacial score (nSPS) is 22.0. The lowest BCUT2D eigenvalue weighted by molar-refractivity contribution is 0.107. The third-order valence-corrected chi connectivity index (χ3v) is 9.64. The smallest absolute Gasteiger partial charge is 0.319 e. The minimum Gasteiger partial charge on any atom is -0.461 e. The van der Waals surface area contributed by atoms with E-state index >= 15 is 8.78 Å². The number of benzene rings is 1. The summed E-state index contributed by atoms with van der Waals surface area (Å²) in [5, 5.41) is 0.295. The topological polar surface area (TPSA) is 111 Å². The Morgan fingerprint density at radius 3 is 2.84 bits per heavy atom. The van der Waals surface area contributed by atoms with E-state index in [0.29, 0.717) is 44.5 Å². The van der Waals surface area contributed by atoms with Gasteiger partial charge in [0.05, 0.1) is 33.2 Å². The van der Waals surface area contributed by atoms with Gasteiger partial charge in [-0.05, 0) is 19.4 Å². The van der Waals surface area contributed by atoms with Crippen molar-refractivity contribution in [3.8, 4) is 17.3 Å². The highest BCUT2D eigenvalue weighted by molar-refractivity contribution is 7.22. The van der Waals surface area contributed by atoms with E-state index in [9.17, 15) is 8.78 Å². The standard InChI is InChI=1S/C28H25F4N9OS/c29-14-9-28(2-1-4-41(28)11-14)13-42-27-37-21-15(25(38-27)40-7-6-39-5-3-34-18(39)12-40)10-35-22(20(21)32)19-16(30)8-17(31)24-23(19)36-26(33)43-24/h3,5,8,10,14H,1-2,4,6-7,9,11-13H2,(H2,33,36)/t14-,28?/m1/s1. The highest BCUT2D eigenvalue weighted by Gasteiger charge is 2.49. The zero-order chi connectivity index (χ0) is 29.5. The molecule has 15 heteroatoms. The fraction of sp³-hybridized carbons (Fsp3) is 0.393. The molecule has 0 radical (unpaired) electrons. The number of pyridine rings is 1. The van der Waals surface area contributed by atoms with Crippen LogP contribution in [0.1, 0.15) is 25.1 Å². The van der Waals surface area contributed by atoms with E-state index in [4.69, 9.17) is 10.5 Å². The van der Waals surface area contributed by atoms with Gasteiger partial charge in [-0.25, -0.2) is 27.5 Å². The Morgan fingerprint density at radius 1 is 1.07 bits per heavy atom. The van der Waals surface area contributed by atoms with Gasteiger partial charge in [-0.15, -0.1) is 0 Å². The van der Waals surface area contributed by atoms with Gasteiger partial charge in [-0.1, -0.05) is 11.3 Å². The van der Waals surface area contributed by atoms with E-state index in [-0.39, 0.29) is 50.1 Å². The highest BCUT2D eigenvalue weighted by atomic mass is 32.1. The van der Waals surface area contributed by atoms with E-state index in [2.05, 4.69) is 29.8 Å². The van der Waals surface area contributed by atoms with Crippen molar-refractivity contribution in [2.24, 2.45) is 0 Å². The molecule has 2 N–H and O–H groups in total. The molecule has 43 heavy (non-hydrogen) atoms. The third-order valence-electron chi connectivity index (χ3n) is 8.75. The lowest BCUT2D eigenvalue weighted by Gasteiger charge is -2.31. The minimum absolute atomic E-state index is 0.00507. The van der Waals surface area contributed by atoms with Crippen molar-refractivity contribution in [3.05, 3.63) is 47.9 Å². The molecule has 2 fully saturated rings. The largest absolute Gasteiger partial charge is 0.461 e. The van der Waals surface area contributed by atoms with Crippen LogP contribution in [-0.2, 0) is 13.1 Å². The first-order valence-corrected chi connectivity index (χ1v) is 14.8. The number of nitrogens with zero attached hydrogens (tertiary/aromatic N) is 8. The van der Waals surface area contributed by atoms with Crippen LogP contribution in [0.5, 0.6) is 6.01 Å². The molecule has 4 aromatic heterocycles. The van der Waals surface area contributed by atoms with E-state index in [0.717, 1.165) is 36.5 Å². The van der Waals surface area contributed by atoms with Crippen LogP contribution in [0.25, 0.3) is 32.4 Å². The van der Waals surface area contributed by atoms with Crippen molar-refractivity contribution in [2.75, 3.05) is 36.9 Å². The Kier molecular flexibility index (Phi) is 5.98. The van der Waals surface area contributed by atoms with Crippen LogP contribution < -0.4 is 15.4 Å². The molecule has 10 nitrogen and oxygen atoms in total. The average Bonchev–Trinajstić information content (AvgIpc) is 3.75. The maximum absolute atomic E-state index is 16.5. The SMILES string of the molecule is Nc1nc2c(-c3ncc4c(N5CCn6ccnc6C5)nc(OCC56CCCN5C[C@H](F)C6)nc4c3F)c(F)cc(F)c2s1. The van der Waals surface area contributed by atoms with Crippen molar-refractivity contribution in [2.45, 2.75) is 44.1 Å². The lowest BCUT2D eigenvalue weighted by atomic mass is 9.95.